The topological polar surface area (TPSA) is 150 Å². The lowest BCUT2D eigenvalue weighted by atomic mass is 10.2. The first-order chi connectivity index (χ1) is 23.0. The normalized spacial score (nSPS) is 17.4. The summed E-state index contributed by atoms with van der Waals surface area (Å²) in [7, 11) is -5.62. The Hall–Kier alpha value is -3.98. The predicted octanol–water partition coefficient (Wildman–Crippen LogP) is 4.29. The van der Waals surface area contributed by atoms with E-state index in [-0.39, 0.29) is 40.1 Å². The van der Waals surface area contributed by atoms with Crippen molar-refractivity contribution in [2.24, 2.45) is 0 Å². The number of ether oxygens (including phenoxy) is 6. The summed E-state index contributed by atoms with van der Waals surface area (Å²) in [6.07, 6.45) is -0.420. The van der Waals surface area contributed by atoms with Crippen molar-refractivity contribution in [2.45, 2.75) is 44.8 Å². The van der Waals surface area contributed by atoms with Crippen molar-refractivity contribution in [3.8, 4) is 17.2 Å². The van der Waals surface area contributed by atoms with Crippen molar-refractivity contribution >= 4 is 19.7 Å². The number of aliphatic hydroxyl groups is 1. The number of epoxide rings is 2. The highest BCUT2D eigenvalue weighted by Gasteiger charge is 2.24. The molecular weight excluding hydrogens is 661 g/mol. The Morgan fingerprint density at radius 2 is 0.938 bits per heavy atom. The maximum atomic E-state index is 12.7. The van der Waals surface area contributed by atoms with Crippen molar-refractivity contribution in [3.63, 3.8) is 0 Å². The monoisotopic (exact) mass is 698 g/mol. The minimum absolute atomic E-state index is 0.0628. The summed E-state index contributed by atoms with van der Waals surface area (Å²) in [5.74, 6) is 1.71. The Morgan fingerprint density at radius 3 is 1.27 bits per heavy atom. The van der Waals surface area contributed by atoms with Gasteiger partial charge in [-0.3, -0.25) is 0 Å². The largest absolute Gasteiger partial charge is 0.491 e. The van der Waals surface area contributed by atoms with Crippen molar-refractivity contribution in [2.75, 3.05) is 46.8 Å². The molecule has 2 saturated heterocycles. The average Bonchev–Trinajstić information content (AvgIpc) is 4.03. The van der Waals surface area contributed by atoms with E-state index in [1.165, 1.54) is 31.4 Å². The fourth-order valence-corrected chi connectivity index (χ4v) is 6.80. The number of benzene rings is 4. The van der Waals surface area contributed by atoms with Crippen LogP contribution in [0.5, 0.6) is 17.2 Å². The molecule has 1 N–H and O–H groups in total. The molecule has 0 aromatic heterocycles. The van der Waals surface area contributed by atoms with E-state index in [4.69, 9.17) is 28.4 Å². The smallest absolute Gasteiger partial charge is 0.206 e. The Balaban J connectivity index is 0.000000194. The maximum Gasteiger partial charge on any atom is 0.206 e. The molecule has 2 aliphatic rings. The fraction of sp³-hybridized carbons (Fsp3) is 0.314. The van der Waals surface area contributed by atoms with Gasteiger partial charge in [-0.25, -0.2) is 16.8 Å². The van der Waals surface area contributed by atoms with Gasteiger partial charge in [0.1, 0.15) is 55.4 Å². The van der Waals surface area contributed by atoms with Crippen LogP contribution in [0.2, 0.25) is 0 Å². The van der Waals surface area contributed by atoms with Crippen LogP contribution in [0.3, 0.4) is 0 Å². The molecule has 256 valence electrons. The number of aryl methyl sites for hydroxylation is 1. The number of hydrogen-bond acceptors (Lipinski definition) is 11. The van der Waals surface area contributed by atoms with Gasteiger partial charge in [0.05, 0.1) is 39.4 Å². The van der Waals surface area contributed by atoms with Crippen LogP contribution in [0.25, 0.3) is 0 Å². The number of rotatable bonds is 15. The zero-order chi connectivity index (χ0) is 34.1. The van der Waals surface area contributed by atoms with Gasteiger partial charge >= 0.3 is 0 Å². The van der Waals surface area contributed by atoms with Gasteiger partial charge < -0.3 is 33.5 Å². The maximum absolute atomic E-state index is 12.7. The molecule has 4 aromatic rings. The molecule has 0 bridgehead atoms. The number of hydrogen-bond donors (Lipinski definition) is 1. The molecule has 3 unspecified atom stereocenters. The summed E-state index contributed by atoms with van der Waals surface area (Å²) in [6.45, 7) is 4.56. The second kappa shape index (κ2) is 15.9. The first-order valence-corrected chi connectivity index (χ1v) is 18.2. The highest BCUT2D eigenvalue weighted by atomic mass is 32.2. The average molecular weight is 699 g/mol. The van der Waals surface area contributed by atoms with Gasteiger partial charge in [-0.2, -0.15) is 0 Å². The molecule has 0 radical (unpaired) electrons. The van der Waals surface area contributed by atoms with Gasteiger partial charge in [0.2, 0.25) is 19.7 Å². The minimum Gasteiger partial charge on any atom is -0.491 e. The highest BCUT2D eigenvalue weighted by molar-refractivity contribution is 7.91. The van der Waals surface area contributed by atoms with Gasteiger partial charge in [0.15, 0.2) is 0 Å². The molecule has 0 amide bonds. The molecule has 2 fully saturated rings. The quantitative estimate of drug-likeness (QED) is 0.177. The van der Waals surface area contributed by atoms with Crippen LogP contribution in [-0.4, -0.2) is 87.0 Å². The lowest BCUT2D eigenvalue weighted by molar-refractivity contribution is 0.0325. The van der Waals surface area contributed by atoms with E-state index in [0.717, 1.165) is 12.2 Å². The SMILES string of the molecule is COCC(O)COc1ccc(S(=O)(=O)c2ccc(OCC3CO3)cc2)cc1.Cc1ccc(S(=O)(=O)c2ccc(OCC3CO3)cc2)cc1. The molecule has 4 aromatic carbocycles. The minimum atomic E-state index is -3.64. The van der Waals surface area contributed by atoms with E-state index in [2.05, 4.69) is 0 Å². The molecular formula is C35H38O11S2. The molecule has 3 atom stereocenters. The second-order valence-electron chi connectivity index (χ2n) is 11.2. The van der Waals surface area contributed by atoms with Crippen molar-refractivity contribution in [1.29, 1.82) is 0 Å². The first-order valence-electron chi connectivity index (χ1n) is 15.2. The van der Waals surface area contributed by atoms with Gasteiger partial charge in [-0.05, 0) is 91.9 Å². The summed E-state index contributed by atoms with van der Waals surface area (Å²) < 4.78 is 81.8. The highest BCUT2D eigenvalue weighted by Crippen LogP contribution is 2.26. The molecule has 0 saturated carbocycles. The number of sulfone groups is 2. The lowest BCUT2D eigenvalue weighted by Gasteiger charge is -2.12. The number of aliphatic hydroxyl groups excluding tert-OH is 1. The van der Waals surface area contributed by atoms with E-state index < -0.39 is 25.8 Å². The van der Waals surface area contributed by atoms with E-state index in [1.807, 2.05) is 6.92 Å². The summed E-state index contributed by atoms with van der Waals surface area (Å²) in [6, 6.07) is 25.7. The molecule has 0 spiro atoms. The molecule has 11 nitrogen and oxygen atoms in total. The molecule has 13 heteroatoms. The molecule has 0 aliphatic carbocycles. The van der Waals surface area contributed by atoms with Crippen LogP contribution in [0, 0.1) is 6.92 Å². The second-order valence-corrected chi connectivity index (χ2v) is 15.1. The predicted molar refractivity (Wildman–Crippen MR) is 175 cm³/mol. The lowest BCUT2D eigenvalue weighted by Crippen LogP contribution is -2.22. The van der Waals surface area contributed by atoms with Crippen LogP contribution < -0.4 is 14.2 Å². The Bertz CT molecular complexity index is 1820. The molecule has 48 heavy (non-hydrogen) atoms. The summed E-state index contributed by atoms with van der Waals surface area (Å²) in [5, 5.41) is 9.57. The molecule has 2 heterocycles. The van der Waals surface area contributed by atoms with E-state index in [0.29, 0.717) is 42.0 Å². The summed E-state index contributed by atoms with van der Waals surface area (Å²) >= 11 is 0. The summed E-state index contributed by atoms with van der Waals surface area (Å²) in [5.41, 5.74) is 1.03. The Kier molecular flexibility index (Phi) is 11.7. The third kappa shape index (κ3) is 10.0. The zero-order valence-electron chi connectivity index (χ0n) is 26.6. The molecule has 6 rings (SSSR count). The van der Waals surface area contributed by atoms with Crippen LogP contribution >= 0.6 is 0 Å². The third-order valence-electron chi connectivity index (χ3n) is 7.21. The summed E-state index contributed by atoms with van der Waals surface area (Å²) in [4.78, 5) is 0.906. The van der Waals surface area contributed by atoms with Gasteiger partial charge in [-0.15, -0.1) is 0 Å². The van der Waals surface area contributed by atoms with Crippen molar-refractivity contribution in [3.05, 3.63) is 103 Å². The van der Waals surface area contributed by atoms with Crippen LogP contribution in [0.1, 0.15) is 5.56 Å². The first kappa shape index (κ1) is 35.3. The van der Waals surface area contributed by atoms with Crippen LogP contribution in [-0.2, 0) is 33.9 Å². The standard InChI is InChI=1S/C19H22O7S.C16H16O4S/c1-23-10-14(20)11-24-15-2-6-18(7-3-15)27(21,22)19-8-4-16(5-9-19)25-12-17-13-26-17;1-12-2-6-15(7-3-12)21(17,18)16-8-4-13(5-9-16)19-10-14-11-20-14/h2-9,14,17,20H,10-13H2,1H3;2-9,14H,10-11H2,1H3. The van der Waals surface area contributed by atoms with Crippen molar-refractivity contribution in [1.82, 2.24) is 0 Å². The van der Waals surface area contributed by atoms with Gasteiger partial charge in [-0.1, -0.05) is 17.7 Å². The Morgan fingerprint density at radius 1 is 0.604 bits per heavy atom. The number of methoxy groups -OCH3 is 1. The van der Waals surface area contributed by atoms with E-state index >= 15 is 0 Å². The Labute approximate surface area is 280 Å². The van der Waals surface area contributed by atoms with E-state index in [9.17, 15) is 21.9 Å². The fourth-order valence-electron chi connectivity index (χ4n) is 4.27. The van der Waals surface area contributed by atoms with Gasteiger partial charge in [0.25, 0.3) is 0 Å². The third-order valence-corrected chi connectivity index (χ3v) is 10.8. The molecule has 2 aliphatic heterocycles. The van der Waals surface area contributed by atoms with E-state index in [1.54, 1.807) is 72.8 Å². The van der Waals surface area contributed by atoms with Crippen LogP contribution in [0.4, 0.5) is 0 Å². The zero-order valence-corrected chi connectivity index (χ0v) is 28.2. The van der Waals surface area contributed by atoms with Crippen LogP contribution in [0.15, 0.2) is 117 Å². The van der Waals surface area contributed by atoms with Crippen molar-refractivity contribution < 1.29 is 50.4 Å². The van der Waals surface area contributed by atoms with Gasteiger partial charge in [0, 0.05) is 7.11 Å².